The Kier molecular flexibility index (Phi) is 15.1. The number of hydrogen-bond acceptors (Lipinski definition) is 16. The third-order valence-corrected chi connectivity index (χ3v) is 13.4. The number of alkyl halides is 1. The highest BCUT2D eigenvalue weighted by atomic mass is 19.1. The first-order valence-corrected chi connectivity index (χ1v) is 20.8. The van der Waals surface area contributed by atoms with E-state index in [1.165, 1.54) is 42.5 Å². The van der Waals surface area contributed by atoms with Crippen molar-refractivity contribution in [2.75, 3.05) is 26.4 Å². The Labute approximate surface area is 356 Å². The number of carbonyl (C=O) groups is 5. The maximum atomic E-state index is 17.5. The summed E-state index contributed by atoms with van der Waals surface area (Å²) in [7, 11) is 0. The zero-order chi connectivity index (χ0) is 45.5. The van der Waals surface area contributed by atoms with E-state index >= 15 is 4.39 Å². The Balaban J connectivity index is 1.16. The normalized spacial score (nSPS) is 30.0. The van der Waals surface area contributed by atoms with Crippen molar-refractivity contribution in [3.8, 4) is 5.75 Å². The van der Waals surface area contributed by atoms with Crippen LogP contribution >= 0.6 is 0 Å². The van der Waals surface area contributed by atoms with Crippen LogP contribution in [-0.4, -0.2) is 99.8 Å². The van der Waals surface area contributed by atoms with E-state index in [0.717, 1.165) is 0 Å². The van der Waals surface area contributed by atoms with Crippen molar-refractivity contribution < 1.29 is 72.6 Å². The third-order valence-electron chi connectivity index (χ3n) is 13.4. The van der Waals surface area contributed by atoms with Crippen molar-refractivity contribution in [2.45, 2.75) is 115 Å². The Bertz CT molecular complexity index is 1940. The van der Waals surface area contributed by atoms with E-state index in [4.69, 9.17) is 14.2 Å². The summed E-state index contributed by atoms with van der Waals surface area (Å²) in [6, 6.07) is 4.65. The number of ketones is 2. The van der Waals surface area contributed by atoms with E-state index in [-0.39, 0.29) is 69.9 Å². The Hall–Kier alpha value is -5.50. The van der Waals surface area contributed by atoms with Crippen LogP contribution in [0.5, 0.6) is 5.75 Å². The number of nitrogens with zero attached hydrogens (tertiary/aromatic N) is 2. The standard InChI is InChI=1S/C42H54FN3O16/c1-26-21-32-31-15-12-28-23-29(47)16-17-39(28,2)41(31,43)34(48)24-40(32,3)42(26,53)35(49)25-59-38(52)62-30-13-10-27(11-14-30)22-33(37(51)58-18-7-8-20-61-46(56)57)44-36(50)9-5-4-6-19-60-45(54)55/h10-11,13-14,16-17,23,26,31-34,48,53H,4-9,12,15,18-22,24-25H2,1-3H3,(H,44,50)/t26-,31-,32-,33-,34-,39-,40-,41-,42-/m0/s1. The van der Waals surface area contributed by atoms with Crippen molar-refractivity contribution in [3.05, 3.63) is 73.9 Å². The first-order chi connectivity index (χ1) is 29.3. The summed E-state index contributed by atoms with van der Waals surface area (Å²) < 4.78 is 33.2. The molecule has 0 radical (unpaired) electrons. The van der Waals surface area contributed by atoms with Gasteiger partial charge in [0.1, 0.15) is 17.4 Å². The SMILES string of the molecule is C[C@H]1C[C@H]2[C@@H]3CCC4=CC(=O)C=C[C@]4(C)[C@@]3(F)[C@@H](O)C[C@]2(C)[C@@]1(O)C(=O)COC(=O)Oc1ccc(C[C@H](NC(=O)CCCCCO[N+](=O)[O-])C(=O)OCCCCO[N+](=O)[O-])cc1. The molecule has 0 unspecified atom stereocenters. The highest BCUT2D eigenvalue weighted by Crippen LogP contribution is 2.70. The molecule has 0 aliphatic heterocycles. The summed E-state index contributed by atoms with van der Waals surface area (Å²) in [5, 5.41) is 45.2. The number of unbranched alkanes of at least 4 members (excludes halogenated alkanes) is 3. The summed E-state index contributed by atoms with van der Waals surface area (Å²) >= 11 is 0. The van der Waals surface area contributed by atoms with Gasteiger partial charge in [-0.15, -0.1) is 20.2 Å². The zero-order valence-corrected chi connectivity index (χ0v) is 34.9. The molecule has 3 fully saturated rings. The number of aliphatic hydroxyl groups is 2. The maximum Gasteiger partial charge on any atom is 0.514 e. The van der Waals surface area contributed by atoms with Crippen LogP contribution in [-0.2, 0) is 44.7 Å². The van der Waals surface area contributed by atoms with Gasteiger partial charge in [0.15, 0.2) is 18.1 Å². The van der Waals surface area contributed by atoms with Gasteiger partial charge in [0, 0.05) is 29.6 Å². The fourth-order valence-corrected chi connectivity index (χ4v) is 10.2. The number of benzene rings is 1. The topological polar surface area (TPSA) is 270 Å². The van der Waals surface area contributed by atoms with Crippen molar-refractivity contribution in [1.29, 1.82) is 0 Å². The molecule has 62 heavy (non-hydrogen) atoms. The van der Waals surface area contributed by atoms with Gasteiger partial charge in [0.2, 0.25) is 11.7 Å². The van der Waals surface area contributed by atoms with Crippen molar-refractivity contribution >= 4 is 29.6 Å². The number of halogens is 1. The van der Waals surface area contributed by atoms with Gasteiger partial charge in [0.05, 0.1) is 25.9 Å². The highest BCUT2D eigenvalue weighted by Gasteiger charge is 2.75. The Morgan fingerprint density at radius 3 is 2.26 bits per heavy atom. The molecule has 5 rings (SSSR count). The van der Waals surface area contributed by atoms with Gasteiger partial charge >= 0.3 is 12.1 Å². The van der Waals surface area contributed by atoms with Crippen molar-refractivity contribution in [2.24, 2.45) is 28.6 Å². The molecule has 340 valence electrons. The molecule has 0 aromatic heterocycles. The third kappa shape index (κ3) is 9.90. The second-order valence-electron chi connectivity index (χ2n) is 17.0. The van der Waals surface area contributed by atoms with E-state index in [1.54, 1.807) is 20.8 Å². The number of rotatable bonds is 21. The molecule has 1 aromatic carbocycles. The van der Waals surface area contributed by atoms with Crippen molar-refractivity contribution in [3.63, 3.8) is 0 Å². The first kappa shape index (κ1) is 47.5. The lowest BCUT2D eigenvalue weighted by molar-refractivity contribution is -0.757. The Morgan fingerprint density at radius 2 is 1.60 bits per heavy atom. The van der Waals surface area contributed by atoms with Crippen LogP contribution in [0.1, 0.15) is 90.5 Å². The summed E-state index contributed by atoms with van der Waals surface area (Å²) in [4.78, 5) is 93.7. The predicted octanol–water partition coefficient (Wildman–Crippen LogP) is 4.45. The van der Waals surface area contributed by atoms with E-state index in [1.807, 2.05) is 0 Å². The van der Waals surface area contributed by atoms with Gasteiger partial charge in [-0.2, -0.15) is 0 Å². The summed E-state index contributed by atoms with van der Waals surface area (Å²) in [5.74, 6) is -4.24. The second-order valence-corrected chi connectivity index (χ2v) is 17.0. The second kappa shape index (κ2) is 19.7. The predicted molar refractivity (Wildman–Crippen MR) is 211 cm³/mol. The Morgan fingerprint density at radius 1 is 0.952 bits per heavy atom. The number of amides is 1. The molecule has 19 nitrogen and oxygen atoms in total. The molecule has 1 aromatic rings. The molecule has 4 aliphatic rings. The highest BCUT2D eigenvalue weighted by molar-refractivity contribution is 6.01. The van der Waals surface area contributed by atoms with Crippen LogP contribution in [0.4, 0.5) is 9.18 Å². The van der Waals surface area contributed by atoms with Crippen molar-refractivity contribution in [1.82, 2.24) is 5.32 Å². The van der Waals surface area contributed by atoms with Gasteiger partial charge < -0.3 is 39.4 Å². The van der Waals surface area contributed by atoms with Gasteiger partial charge in [-0.05, 0) is 100.0 Å². The van der Waals surface area contributed by atoms with Crippen LogP contribution in [0.3, 0.4) is 0 Å². The minimum atomic E-state index is -2.15. The molecule has 20 heteroatoms. The lowest BCUT2D eigenvalue weighted by Gasteiger charge is -2.62. The van der Waals surface area contributed by atoms with Crippen LogP contribution < -0.4 is 10.1 Å². The fraction of sp³-hybridized carbons (Fsp3) is 0.643. The average Bonchev–Trinajstić information content (AvgIpc) is 3.41. The molecule has 0 saturated heterocycles. The van der Waals surface area contributed by atoms with Crippen LogP contribution in [0, 0.1) is 48.8 Å². The number of nitrogens with one attached hydrogen (secondary N) is 1. The molecule has 0 bridgehead atoms. The molecule has 4 aliphatic carbocycles. The number of allylic oxidation sites excluding steroid dienone is 4. The first-order valence-electron chi connectivity index (χ1n) is 20.8. The van der Waals surface area contributed by atoms with Gasteiger partial charge in [-0.3, -0.25) is 14.4 Å². The molecule has 0 heterocycles. The maximum absolute atomic E-state index is 17.5. The minimum absolute atomic E-state index is 0.000280. The lowest BCUT2D eigenvalue weighted by Crippen LogP contribution is -2.69. The monoisotopic (exact) mass is 875 g/mol. The van der Waals surface area contributed by atoms with Gasteiger partial charge in [0.25, 0.3) is 10.2 Å². The lowest BCUT2D eigenvalue weighted by atomic mass is 9.44. The average molecular weight is 876 g/mol. The quantitative estimate of drug-likeness (QED) is 0.0506. The van der Waals surface area contributed by atoms with E-state index in [0.29, 0.717) is 43.2 Å². The number of fused-ring (bicyclic) bond motifs is 5. The fourth-order valence-electron chi connectivity index (χ4n) is 10.2. The molecule has 0 spiro atoms. The van der Waals surface area contributed by atoms with E-state index in [2.05, 4.69) is 15.0 Å². The zero-order valence-electron chi connectivity index (χ0n) is 34.9. The summed E-state index contributed by atoms with van der Waals surface area (Å²) in [5.41, 5.74) is -5.62. The molecule has 1 amide bonds. The molecule has 3 N–H and O–H groups in total. The van der Waals surface area contributed by atoms with Gasteiger partial charge in [-0.25, -0.2) is 14.0 Å². The molecular weight excluding hydrogens is 821 g/mol. The molecule has 9 atom stereocenters. The van der Waals surface area contributed by atoms with Crippen LogP contribution in [0.2, 0.25) is 0 Å². The van der Waals surface area contributed by atoms with Gasteiger partial charge in [-0.1, -0.05) is 44.1 Å². The summed E-state index contributed by atoms with van der Waals surface area (Å²) in [6.45, 7) is 3.76. The smallest absolute Gasteiger partial charge is 0.464 e. The minimum Gasteiger partial charge on any atom is -0.464 e. The number of carbonyl (C=O) groups excluding carboxylic acids is 5. The van der Waals surface area contributed by atoms with E-state index in [9.17, 15) is 54.4 Å². The summed E-state index contributed by atoms with van der Waals surface area (Å²) in [6.07, 6.45) is 3.82. The van der Waals surface area contributed by atoms with E-state index < -0.39 is 92.6 Å². The number of esters is 1. The number of Topliss-reactive ketones (excluding diaryl/α,β-unsaturated/α-hetero) is 1. The van der Waals surface area contributed by atoms with Crippen LogP contribution in [0.15, 0.2) is 48.1 Å². The largest absolute Gasteiger partial charge is 0.514 e. The molecule has 3 saturated carbocycles. The van der Waals surface area contributed by atoms with Crippen LogP contribution in [0.25, 0.3) is 0 Å². The molecular formula is C42H54FN3O16. The number of aliphatic hydroxyl groups excluding tert-OH is 1. The number of hydrogen-bond donors (Lipinski definition) is 3. The number of ether oxygens (including phenoxy) is 3.